The van der Waals surface area contributed by atoms with Crippen LogP contribution in [0.15, 0.2) is 29.5 Å². The van der Waals surface area contributed by atoms with Crippen LogP contribution in [0.25, 0.3) is 0 Å². The smallest absolute Gasteiger partial charge is 0.325 e. The molecule has 0 bridgehead atoms. The van der Waals surface area contributed by atoms with Crippen molar-refractivity contribution in [2.75, 3.05) is 0 Å². The zero-order chi connectivity index (χ0) is 14.5. The van der Waals surface area contributed by atoms with Gasteiger partial charge >= 0.3 is 5.97 Å². The third-order valence-electron chi connectivity index (χ3n) is 2.38. The fourth-order valence-electron chi connectivity index (χ4n) is 1.50. The fraction of sp³-hybridized carbons (Fsp3) is 0.182. The Morgan fingerprint density at radius 3 is 2.95 bits per heavy atom. The summed E-state index contributed by atoms with van der Waals surface area (Å²) in [6, 6.07) is 1.25. The summed E-state index contributed by atoms with van der Waals surface area (Å²) in [6.07, 6.45) is 4.14. The molecule has 104 valence electrons. The van der Waals surface area contributed by atoms with Gasteiger partial charge in [-0.25, -0.2) is 4.68 Å². The Kier molecular flexibility index (Phi) is 3.89. The number of carbonyl (C=O) groups excluding carboxylic acids is 1. The topological polar surface area (TPSA) is 130 Å². The molecule has 2 rings (SSSR count). The molecular formula is C11H11N5O4. The lowest BCUT2D eigenvalue weighted by atomic mass is 10.2. The van der Waals surface area contributed by atoms with Crippen LogP contribution in [0.3, 0.4) is 0 Å². The molecule has 0 spiro atoms. The van der Waals surface area contributed by atoms with E-state index in [0.29, 0.717) is 5.69 Å². The number of pyridine rings is 1. The van der Waals surface area contributed by atoms with Crippen LogP contribution < -0.4 is 10.7 Å². The summed E-state index contributed by atoms with van der Waals surface area (Å²) in [5.74, 6) is -1.58. The Hall–Kier alpha value is -2.97. The van der Waals surface area contributed by atoms with E-state index in [1.165, 1.54) is 24.7 Å². The van der Waals surface area contributed by atoms with E-state index < -0.39 is 17.3 Å². The number of aromatic amines is 1. The highest BCUT2D eigenvalue weighted by molar-refractivity contribution is 5.93. The lowest BCUT2D eigenvalue weighted by Gasteiger charge is -2.01. The summed E-state index contributed by atoms with van der Waals surface area (Å²) in [5.41, 5.74) is -0.00632. The minimum absolute atomic E-state index is 0.00886. The lowest BCUT2D eigenvalue weighted by Crippen LogP contribution is -2.28. The van der Waals surface area contributed by atoms with E-state index in [2.05, 4.69) is 20.6 Å². The predicted molar refractivity (Wildman–Crippen MR) is 65.9 cm³/mol. The number of hydrogen-bond acceptors (Lipinski definition) is 5. The van der Waals surface area contributed by atoms with Crippen LogP contribution in [-0.2, 0) is 17.9 Å². The van der Waals surface area contributed by atoms with Crippen molar-refractivity contribution in [3.63, 3.8) is 0 Å². The minimum Gasteiger partial charge on any atom is -0.480 e. The molecule has 3 N–H and O–H groups in total. The maximum atomic E-state index is 11.7. The van der Waals surface area contributed by atoms with Gasteiger partial charge in [0.2, 0.25) is 0 Å². The third-order valence-corrected chi connectivity index (χ3v) is 2.38. The first-order valence-corrected chi connectivity index (χ1v) is 5.62. The molecule has 0 fully saturated rings. The van der Waals surface area contributed by atoms with Gasteiger partial charge < -0.3 is 15.4 Å². The molecule has 0 aromatic carbocycles. The molecule has 9 nitrogen and oxygen atoms in total. The second-order valence-corrected chi connectivity index (χ2v) is 3.91. The molecule has 0 unspecified atom stereocenters. The number of amides is 1. The third kappa shape index (κ3) is 3.28. The largest absolute Gasteiger partial charge is 0.480 e. The highest BCUT2D eigenvalue weighted by Crippen LogP contribution is 1.94. The molecule has 1 amide bonds. The first-order valence-electron chi connectivity index (χ1n) is 5.62. The van der Waals surface area contributed by atoms with Crippen LogP contribution in [-0.4, -0.2) is 37.0 Å². The molecular weight excluding hydrogens is 266 g/mol. The van der Waals surface area contributed by atoms with Crippen LogP contribution in [0.1, 0.15) is 16.1 Å². The van der Waals surface area contributed by atoms with Gasteiger partial charge in [-0.15, -0.1) is 5.10 Å². The zero-order valence-electron chi connectivity index (χ0n) is 10.2. The molecule has 0 aliphatic rings. The first-order chi connectivity index (χ1) is 9.56. The van der Waals surface area contributed by atoms with Crippen molar-refractivity contribution in [1.82, 2.24) is 25.3 Å². The number of carboxylic acid groups (broad SMARTS) is 1. The number of nitrogens with one attached hydrogen (secondary N) is 2. The average molecular weight is 277 g/mol. The van der Waals surface area contributed by atoms with Gasteiger partial charge in [-0.3, -0.25) is 14.4 Å². The van der Waals surface area contributed by atoms with Crippen molar-refractivity contribution in [3.8, 4) is 0 Å². The van der Waals surface area contributed by atoms with Crippen molar-refractivity contribution in [2.24, 2.45) is 0 Å². The Labute approximate surface area is 112 Å². The number of rotatable bonds is 5. The maximum absolute atomic E-state index is 11.7. The average Bonchev–Trinajstić information content (AvgIpc) is 2.83. The Balaban J connectivity index is 1.97. The van der Waals surface area contributed by atoms with Gasteiger partial charge in [-0.2, -0.15) is 0 Å². The van der Waals surface area contributed by atoms with Crippen molar-refractivity contribution in [1.29, 1.82) is 0 Å². The van der Waals surface area contributed by atoms with E-state index in [9.17, 15) is 14.4 Å². The lowest BCUT2D eigenvalue weighted by molar-refractivity contribution is -0.137. The summed E-state index contributed by atoms with van der Waals surface area (Å²) in [5, 5.41) is 18.4. The number of nitrogens with zero attached hydrogens (tertiary/aromatic N) is 3. The number of carboxylic acids is 1. The van der Waals surface area contributed by atoms with Gasteiger partial charge in [0.1, 0.15) is 17.8 Å². The molecule has 20 heavy (non-hydrogen) atoms. The molecule has 0 saturated heterocycles. The number of aliphatic carboxylic acids is 1. The number of aromatic nitrogens is 4. The van der Waals surface area contributed by atoms with Gasteiger partial charge in [0.05, 0.1) is 12.7 Å². The minimum atomic E-state index is -1.04. The van der Waals surface area contributed by atoms with Crippen LogP contribution in [0.2, 0.25) is 0 Å². The van der Waals surface area contributed by atoms with Gasteiger partial charge in [0, 0.05) is 18.5 Å². The van der Waals surface area contributed by atoms with Gasteiger partial charge in [0.15, 0.2) is 5.43 Å². The molecule has 0 aliphatic carbocycles. The normalized spacial score (nSPS) is 10.2. The summed E-state index contributed by atoms with van der Waals surface area (Å²) in [7, 11) is 0. The van der Waals surface area contributed by atoms with Crippen LogP contribution in [0, 0.1) is 0 Å². The van der Waals surface area contributed by atoms with Crippen molar-refractivity contribution < 1.29 is 14.7 Å². The summed E-state index contributed by atoms with van der Waals surface area (Å²) in [6.45, 7) is -0.258. The summed E-state index contributed by atoms with van der Waals surface area (Å²) >= 11 is 0. The summed E-state index contributed by atoms with van der Waals surface area (Å²) in [4.78, 5) is 36.3. The second kappa shape index (κ2) is 5.78. The Morgan fingerprint density at radius 1 is 1.45 bits per heavy atom. The van der Waals surface area contributed by atoms with E-state index in [-0.39, 0.29) is 18.7 Å². The van der Waals surface area contributed by atoms with E-state index in [4.69, 9.17) is 5.11 Å². The van der Waals surface area contributed by atoms with E-state index in [1.54, 1.807) is 0 Å². The fourth-order valence-corrected chi connectivity index (χ4v) is 1.50. The van der Waals surface area contributed by atoms with E-state index >= 15 is 0 Å². The molecule has 0 radical (unpaired) electrons. The monoisotopic (exact) mass is 277 g/mol. The molecule has 9 heteroatoms. The first kappa shape index (κ1) is 13.5. The van der Waals surface area contributed by atoms with Crippen LogP contribution in [0.5, 0.6) is 0 Å². The maximum Gasteiger partial charge on any atom is 0.325 e. The van der Waals surface area contributed by atoms with Crippen molar-refractivity contribution >= 4 is 11.9 Å². The molecule has 0 atom stereocenters. The Morgan fingerprint density at radius 2 is 2.25 bits per heavy atom. The summed E-state index contributed by atoms with van der Waals surface area (Å²) < 4.78 is 1.14. The van der Waals surface area contributed by atoms with Gasteiger partial charge in [-0.1, -0.05) is 5.21 Å². The van der Waals surface area contributed by atoms with Crippen molar-refractivity contribution in [2.45, 2.75) is 13.1 Å². The standard InChI is InChI=1S/C11H11N5O4/c17-9-1-2-12-4-8(9)11(20)13-3-7-5-16(15-14-7)6-10(18)19/h1-2,4-5H,3,6H2,(H,12,17)(H,13,20)(H,18,19). The van der Waals surface area contributed by atoms with Gasteiger partial charge in [-0.05, 0) is 0 Å². The van der Waals surface area contributed by atoms with E-state index in [0.717, 1.165) is 4.68 Å². The molecule has 0 aliphatic heterocycles. The number of carbonyl (C=O) groups is 2. The van der Waals surface area contributed by atoms with Crippen molar-refractivity contribution in [3.05, 3.63) is 46.1 Å². The number of hydrogen-bond donors (Lipinski definition) is 3. The van der Waals surface area contributed by atoms with Crippen LogP contribution >= 0.6 is 0 Å². The second-order valence-electron chi connectivity index (χ2n) is 3.91. The molecule has 2 aromatic rings. The Bertz CT molecular complexity index is 690. The molecule has 2 heterocycles. The molecule has 2 aromatic heterocycles. The van der Waals surface area contributed by atoms with Crippen LogP contribution in [0.4, 0.5) is 0 Å². The highest BCUT2D eigenvalue weighted by Gasteiger charge is 2.10. The quantitative estimate of drug-likeness (QED) is 0.641. The van der Waals surface area contributed by atoms with Gasteiger partial charge in [0.25, 0.3) is 5.91 Å². The number of H-pyrrole nitrogens is 1. The van der Waals surface area contributed by atoms with E-state index in [1.807, 2.05) is 0 Å². The SMILES string of the molecule is O=C(O)Cn1cc(CNC(=O)c2c[nH]ccc2=O)nn1. The molecule has 0 saturated carbocycles. The highest BCUT2D eigenvalue weighted by atomic mass is 16.4. The zero-order valence-corrected chi connectivity index (χ0v) is 10.2. The predicted octanol–water partition coefficient (Wildman–Crippen LogP) is -1.02.